The van der Waals surface area contributed by atoms with Gasteiger partial charge in [0.15, 0.2) is 0 Å². The molecule has 1 aromatic heterocycles. The first-order valence-electron chi connectivity index (χ1n) is 24.7. The molecule has 0 bridgehead atoms. The largest absolute Gasteiger partial charge is 0.489 e. The zero-order valence-corrected chi connectivity index (χ0v) is 43.5. The molecule has 4 aromatic carbocycles. The second-order valence-electron chi connectivity index (χ2n) is 19.5. The Kier molecular flexibility index (Phi) is 21.1. The Morgan fingerprint density at radius 1 is 0.697 bits per heavy atom. The normalized spacial score (nSPS) is 13.2. The van der Waals surface area contributed by atoms with Crippen LogP contribution in [-0.2, 0) is 59.5 Å². The number of non-ortho nitro benzene ring substituents is 1. The third kappa shape index (κ3) is 18.4. The molecule has 0 unspecified atom stereocenters. The lowest BCUT2D eigenvalue weighted by Gasteiger charge is -2.27. The van der Waals surface area contributed by atoms with Crippen LogP contribution in [0.1, 0.15) is 83.7 Å². The van der Waals surface area contributed by atoms with Crippen LogP contribution in [-0.4, -0.2) is 91.4 Å². The fraction of sp³-hybridized carbons (Fsp3) is 0.389. The molecule has 404 valence electrons. The van der Waals surface area contributed by atoms with Crippen LogP contribution < -0.4 is 31.3 Å². The number of imidazole rings is 1. The average molecular weight is 1050 g/mol. The summed E-state index contributed by atoms with van der Waals surface area (Å²) in [6.45, 7) is 11.7. The molecule has 0 saturated carbocycles. The van der Waals surface area contributed by atoms with E-state index >= 15 is 0 Å². The number of nitrogens with one attached hydrogen (secondary N) is 5. The molecular weight excluding hydrogens is 983 g/mol. The monoisotopic (exact) mass is 1050 g/mol. The number of benzene rings is 4. The van der Waals surface area contributed by atoms with Crippen molar-refractivity contribution < 1.29 is 52.8 Å². The molecule has 0 aliphatic rings. The molecular formula is C54H65N9O13. The first-order chi connectivity index (χ1) is 36.1. The Morgan fingerprint density at radius 3 is 1.91 bits per heavy atom. The Balaban J connectivity index is 1.39. The van der Waals surface area contributed by atoms with E-state index in [2.05, 4.69) is 31.6 Å². The maximum absolute atomic E-state index is 14.5. The van der Waals surface area contributed by atoms with Gasteiger partial charge in [0.2, 0.25) is 23.6 Å². The van der Waals surface area contributed by atoms with Crippen LogP contribution in [0.2, 0.25) is 0 Å². The summed E-state index contributed by atoms with van der Waals surface area (Å²) < 4.78 is 18.2. The molecule has 0 aliphatic carbocycles. The highest BCUT2D eigenvalue weighted by molar-refractivity contribution is 5.95. The molecule has 22 heteroatoms. The third-order valence-electron chi connectivity index (χ3n) is 11.7. The highest BCUT2D eigenvalue weighted by Gasteiger charge is 2.33. The van der Waals surface area contributed by atoms with E-state index in [0.29, 0.717) is 29.9 Å². The van der Waals surface area contributed by atoms with Crippen LogP contribution in [0.4, 0.5) is 16.2 Å². The van der Waals surface area contributed by atoms with Crippen molar-refractivity contribution in [2.75, 3.05) is 6.54 Å². The molecule has 5 amide bonds. The van der Waals surface area contributed by atoms with Crippen LogP contribution in [0.5, 0.6) is 5.75 Å². The van der Waals surface area contributed by atoms with Crippen molar-refractivity contribution in [1.29, 1.82) is 0 Å². The maximum atomic E-state index is 14.5. The number of nitro groups is 2. The first kappa shape index (κ1) is 58.2. The minimum Gasteiger partial charge on any atom is -0.489 e. The lowest BCUT2D eigenvalue weighted by molar-refractivity contribution is -0.394. The van der Waals surface area contributed by atoms with Crippen LogP contribution in [0.25, 0.3) is 5.69 Å². The fourth-order valence-electron chi connectivity index (χ4n) is 7.64. The number of ether oxygens (including phenoxy) is 3. The van der Waals surface area contributed by atoms with Crippen molar-refractivity contribution in [3.63, 3.8) is 0 Å². The smallest absolute Gasteiger partial charge is 0.408 e. The van der Waals surface area contributed by atoms with Crippen LogP contribution >= 0.6 is 0 Å². The number of alkyl carbamates (subject to hydrolysis) is 1. The number of nitrogens with zero attached hydrogens (tertiary/aromatic N) is 4. The van der Waals surface area contributed by atoms with Crippen LogP contribution in [0, 0.1) is 32.1 Å². The number of esters is 1. The molecule has 5 aromatic rings. The Labute approximate surface area is 440 Å². The molecule has 0 aliphatic heterocycles. The molecule has 5 rings (SSSR count). The van der Waals surface area contributed by atoms with Gasteiger partial charge in [-0.1, -0.05) is 107 Å². The van der Waals surface area contributed by atoms with Crippen LogP contribution in [0.3, 0.4) is 0 Å². The molecule has 22 nitrogen and oxygen atoms in total. The number of carbonyl (C=O) groups is 6. The topological polar surface area (TPSA) is 294 Å². The quantitative estimate of drug-likeness (QED) is 0.0229. The Morgan fingerprint density at radius 2 is 1.32 bits per heavy atom. The van der Waals surface area contributed by atoms with E-state index in [1.165, 1.54) is 17.1 Å². The Bertz CT molecular complexity index is 2800. The van der Waals surface area contributed by atoms with Gasteiger partial charge in [-0.2, -0.15) is 0 Å². The fourth-order valence-corrected chi connectivity index (χ4v) is 7.64. The van der Waals surface area contributed by atoms with Gasteiger partial charge in [-0.15, -0.1) is 0 Å². The van der Waals surface area contributed by atoms with E-state index in [1.807, 2.05) is 57.2 Å². The molecule has 0 fully saturated rings. The second-order valence-corrected chi connectivity index (χ2v) is 19.5. The standard InChI is InChI=1S/C54H65N9O13/c1-8-35(4)48(60-53(69)76-54(5,6)7)51(67)55-29-47(64)57-43(27-39-30-61(33-56-39)45-24-21-40(62(70)71)28-46(45)63(72)73)50(66)58-42(25-34(2)3)49(65)59-44(52(68)75-32-38-17-13-10-14-18-38)26-36-19-22-41(23-20-36)74-31-37-15-11-9-12-16-37/h9-24,28,30,33-35,42-44,48H,8,25-27,29,31-32H2,1-7H3,(H,55,67)(H,57,64)(H,58,66)(H,59,65)(H,60,69)/t35-,42-,43-,44-,48-/m0/s1. The van der Waals surface area contributed by atoms with Gasteiger partial charge in [0.1, 0.15) is 54.4 Å². The number of rotatable bonds is 26. The molecule has 5 atom stereocenters. The van der Waals surface area contributed by atoms with Gasteiger partial charge in [0.05, 0.1) is 34.5 Å². The number of nitro benzene ring substituents is 2. The summed E-state index contributed by atoms with van der Waals surface area (Å²) >= 11 is 0. The van der Waals surface area contributed by atoms with Gasteiger partial charge in [-0.3, -0.25) is 44.0 Å². The summed E-state index contributed by atoms with van der Waals surface area (Å²) in [7, 11) is 0. The first-order valence-corrected chi connectivity index (χ1v) is 24.7. The number of aromatic nitrogens is 2. The van der Waals surface area contributed by atoms with Crippen molar-refractivity contribution in [3.8, 4) is 11.4 Å². The van der Waals surface area contributed by atoms with Gasteiger partial charge in [-0.25, -0.2) is 14.6 Å². The SMILES string of the molecule is CC[C@H](C)[C@H](NC(=O)OC(C)(C)C)C(=O)NCC(=O)N[C@@H](Cc1cn(-c2ccc([N+](=O)[O-])cc2[N+](=O)[O-])cn1)C(=O)N[C@@H](CC(C)C)C(=O)N[C@@H](Cc1ccc(OCc2ccccc2)cc1)C(=O)OCc1ccccc1. The van der Waals surface area contributed by atoms with Crippen molar-refractivity contribution >= 4 is 47.1 Å². The Hall–Kier alpha value is -8.69. The molecule has 5 N–H and O–H groups in total. The third-order valence-corrected chi connectivity index (χ3v) is 11.7. The lowest BCUT2D eigenvalue weighted by Crippen LogP contribution is -2.58. The molecule has 0 saturated heterocycles. The van der Waals surface area contributed by atoms with Crippen molar-refractivity contribution in [2.45, 2.75) is 117 Å². The minimum atomic E-state index is -1.51. The zero-order valence-electron chi connectivity index (χ0n) is 43.5. The zero-order chi connectivity index (χ0) is 55.5. The number of hydrogen-bond donors (Lipinski definition) is 5. The van der Waals surface area contributed by atoms with Crippen LogP contribution in [0.15, 0.2) is 116 Å². The summed E-state index contributed by atoms with van der Waals surface area (Å²) in [5.41, 5.74) is 0.371. The second kappa shape index (κ2) is 27.6. The molecule has 1 heterocycles. The van der Waals surface area contributed by atoms with Gasteiger partial charge < -0.3 is 40.8 Å². The summed E-state index contributed by atoms with van der Waals surface area (Å²) in [6.07, 6.45) is 1.82. The maximum Gasteiger partial charge on any atom is 0.408 e. The number of amides is 5. The molecule has 0 spiro atoms. The van der Waals surface area contributed by atoms with Gasteiger partial charge >= 0.3 is 12.1 Å². The van der Waals surface area contributed by atoms with E-state index in [0.717, 1.165) is 23.8 Å². The predicted octanol–water partition coefficient (Wildman–Crippen LogP) is 6.35. The lowest BCUT2D eigenvalue weighted by atomic mass is 9.98. The van der Waals surface area contributed by atoms with E-state index in [4.69, 9.17) is 14.2 Å². The van der Waals surface area contributed by atoms with Crippen molar-refractivity contribution in [2.24, 2.45) is 11.8 Å². The molecule has 76 heavy (non-hydrogen) atoms. The van der Waals surface area contributed by atoms with Gasteiger partial charge in [0, 0.05) is 25.1 Å². The number of hydrogen-bond acceptors (Lipinski definition) is 14. The van der Waals surface area contributed by atoms with Crippen molar-refractivity contribution in [3.05, 3.63) is 158 Å². The average Bonchev–Trinajstić information content (AvgIpc) is 3.85. The summed E-state index contributed by atoms with van der Waals surface area (Å²) in [5.74, 6) is -3.96. The van der Waals surface area contributed by atoms with E-state index in [1.54, 1.807) is 76.2 Å². The summed E-state index contributed by atoms with van der Waals surface area (Å²) in [4.78, 5) is 109. The summed E-state index contributed by atoms with van der Waals surface area (Å²) in [6, 6.07) is 23.5. The van der Waals surface area contributed by atoms with E-state index in [-0.39, 0.29) is 43.2 Å². The highest BCUT2D eigenvalue weighted by atomic mass is 16.6. The van der Waals surface area contributed by atoms with Crippen molar-refractivity contribution in [1.82, 2.24) is 36.1 Å². The van der Waals surface area contributed by atoms with E-state index < -0.39 is 99.1 Å². The minimum absolute atomic E-state index is 0.00809. The number of carbonyl (C=O) groups excluding carboxylic acids is 6. The molecule has 0 radical (unpaired) electrons. The highest BCUT2D eigenvalue weighted by Crippen LogP contribution is 2.28. The van der Waals surface area contributed by atoms with Gasteiger partial charge in [0.25, 0.3) is 11.4 Å². The van der Waals surface area contributed by atoms with Gasteiger partial charge in [-0.05, 0) is 73.9 Å². The van der Waals surface area contributed by atoms with E-state index in [9.17, 15) is 49.0 Å². The summed E-state index contributed by atoms with van der Waals surface area (Å²) in [5, 5.41) is 36.6. The predicted molar refractivity (Wildman–Crippen MR) is 279 cm³/mol.